The maximum absolute atomic E-state index is 8.68. The minimum atomic E-state index is 0.167. The van der Waals surface area contributed by atoms with Crippen molar-refractivity contribution in [3.8, 4) is 11.8 Å². The predicted octanol–water partition coefficient (Wildman–Crippen LogP) is 1.19. The fourth-order valence-corrected chi connectivity index (χ4v) is 1.21. The Morgan fingerprint density at radius 3 is 2.93 bits per heavy atom. The van der Waals surface area contributed by atoms with E-state index in [1.54, 1.807) is 24.3 Å². The number of tetrazole rings is 1. The van der Waals surface area contributed by atoms with Gasteiger partial charge in [0.15, 0.2) is 0 Å². The van der Waals surface area contributed by atoms with Gasteiger partial charge in [0.25, 0.3) is 0 Å². The highest BCUT2D eigenvalue weighted by Gasteiger charge is 2.04. The van der Waals surface area contributed by atoms with Gasteiger partial charge in [-0.05, 0) is 40.2 Å². The smallest absolute Gasteiger partial charge is 0.192 e. The molecule has 6 heteroatoms. The molecule has 0 bridgehead atoms. The highest BCUT2D eigenvalue weighted by atomic mass is 35.5. The average molecular weight is 206 g/mol. The van der Waals surface area contributed by atoms with Gasteiger partial charge in [-0.25, -0.2) is 0 Å². The van der Waals surface area contributed by atoms with Crippen LogP contribution >= 0.6 is 11.6 Å². The van der Waals surface area contributed by atoms with Crippen molar-refractivity contribution in [2.45, 2.75) is 0 Å². The van der Waals surface area contributed by atoms with E-state index in [4.69, 9.17) is 16.9 Å². The van der Waals surface area contributed by atoms with Gasteiger partial charge in [0.05, 0.1) is 17.3 Å². The fourth-order valence-electron chi connectivity index (χ4n) is 1.04. The number of nitrogens with zero attached hydrogens (tertiary/aromatic N) is 5. The normalized spacial score (nSPS) is 9.71. The van der Waals surface area contributed by atoms with E-state index in [1.807, 2.05) is 6.07 Å². The summed E-state index contributed by atoms with van der Waals surface area (Å²) >= 11 is 5.71. The SMILES string of the molecule is N#Cc1cccc(-n2nnnc2Cl)c1. The fraction of sp³-hybridized carbons (Fsp3) is 0. The molecule has 2 rings (SSSR count). The number of hydrogen-bond donors (Lipinski definition) is 0. The predicted molar refractivity (Wildman–Crippen MR) is 48.9 cm³/mol. The highest BCUT2D eigenvalue weighted by molar-refractivity contribution is 6.28. The number of benzene rings is 1. The van der Waals surface area contributed by atoms with E-state index in [0.29, 0.717) is 11.3 Å². The number of hydrogen-bond acceptors (Lipinski definition) is 4. The Morgan fingerprint density at radius 1 is 1.43 bits per heavy atom. The third-order valence-electron chi connectivity index (χ3n) is 1.65. The molecule has 0 aliphatic rings. The summed E-state index contributed by atoms with van der Waals surface area (Å²) in [6, 6.07) is 8.88. The first-order valence-electron chi connectivity index (χ1n) is 3.75. The summed E-state index contributed by atoms with van der Waals surface area (Å²) in [5.74, 6) is 0. The van der Waals surface area contributed by atoms with Crippen molar-refractivity contribution in [3.63, 3.8) is 0 Å². The molecule has 1 aromatic carbocycles. The molecule has 1 heterocycles. The molecule has 0 saturated heterocycles. The number of aromatic nitrogens is 4. The third kappa shape index (κ3) is 1.43. The van der Waals surface area contributed by atoms with Crippen molar-refractivity contribution in [2.75, 3.05) is 0 Å². The standard InChI is InChI=1S/C8H4ClN5/c9-8-11-12-13-14(8)7-3-1-2-6(4-7)5-10/h1-4H. The Kier molecular flexibility index (Phi) is 2.13. The Morgan fingerprint density at radius 2 is 2.29 bits per heavy atom. The van der Waals surface area contributed by atoms with Gasteiger partial charge in [0, 0.05) is 0 Å². The molecule has 0 amide bonds. The van der Waals surface area contributed by atoms with Crippen molar-refractivity contribution in [1.82, 2.24) is 20.2 Å². The van der Waals surface area contributed by atoms with Gasteiger partial charge < -0.3 is 0 Å². The van der Waals surface area contributed by atoms with E-state index in [0.717, 1.165) is 0 Å². The molecule has 68 valence electrons. The Bertz CT molecular complexity index is 498. The second kappa shape index (κ2) is 3.44. The summed E-state index contributed by atoms with van der Waals surface area (Å²) in [6.45, 7) is 0. The number of nitriles is 1. The second-order valence-electron chi connectivity index (χ2n) is 2.52. The van der Waals surface area contributed by atoms with E-state index in [9.17, 15) is 0 Å². The maximum Gasteiger partial charge on any atom is 0.247 e. The van der Waals surface area contributed by atoms with Crippen LogP contribution in [-0.4, -0.2) is 20.2 Å². The van der Waals surface area contributed by atoms with Gasteiger partial charge in [-0.15, -0.1) is 0 Å². The van der Waals surface area contributed by atoms with E-state index in [1.165, 1.54) is 4.68 Å². The molecular formula is C8H4ClN5. The molecule has 14 heavy (non-hydrogen) atoms. The third-order valence-corrected chi connectivity index (χ3v) is 1.89. The zero-order chi connectivity index (χ0) is 9.97. The number of rotatable bonds is 1. The van der Waals surface area contributed by atoms with Crippen LogP contribution < -0.4 is 0 Å². The lowest BCUT2D eigenvalue weighted by molar-refractivity contribution is 0.789. The Balaban J connectivity index is 2.53. The van der Waals surface area contributed by atoms with Crippen LogP contribution in [0.15, 0.2) is 24.3 Å². The largest absolute Gasteiger partial charge is 0.247 e. The minimum Gasteiger partial charge on any atom is -0.192 e. The van der Waals surface area contributed by atoms with Crippen molar-refractivity contribution < 1.29 is 0 Å². The van der Waals surface area contributed by atoms with Gasteiger partial charge in [0.1, 0.15) is 0 Å². The van der Waals surface area contributed by atoms with E-state index in [2.05, 4.69) is 15.5 Å². The summed E-state index contributed by atoms with van der Waals surface area (Å²) in [5.41, 5.74) is 1.20. The summed E-state index contributed by atoms with van der Waals surface area (Å²) in [5, 5.41) is 19.5. The summed E-state index contributed by atoms with van der Waals surface area (Å²) in [7, 11) is 0. The van der Waals surface area contributed by atoms with Crippen LogP contribution in [-0.2, 0) is 0 Å². The van der Waals surface area contributed by atoms with Crippen LogP contribution in [0.2, 0.25) is 5.28 Å². The van der Waals surface area contributed by atoms with Crippen LogP contribution in [0.25, 0.3) is 5.69 Å². The van der Waals surface area contributed by atoms with Gasteiger partial charge >= 0.3 is 0 Å². The van der Waals surface area contributed by atoms with Crippen molar-refractivity contribution in [1.29, 1.82) is 5.26 Å². The van der Waals surface area contributed by atoms with E-state index in [-0.39, 0.29) is 5.28 Å². The van der Waals surface area contributed by atoms with Crippen molar-refractivity contribution in [3.05, 3.63) is 35.1 Å². The Hall–Kier alpha value is -1.93. The van der Waals surface area contributed by atoms with Gasteiger partial charge in [-0.1, -0.05) is 11.2 Å². The van der Waals surface area contributed by atoms with E-state index < -0.39 is 0 Å². The first kappa shape index (κ1) is 8.66. The van der Waals surface area contributed by atoms with Crippen LogP contribution in [0.1, 0.15) is 5.56 Å². The molecule has 0 spiro atoms. The lowest BCUT2D eigenvalue weighted by atomic mass is 10.2. The molecule has 0 aliphatic carbocycles. The molecule has 0 N–H and O–H groups in total. The van der Waals surface area contributed by atoms with Crippen LogP contribution in [0.4, 0.5) is 0 Å². The monoisotopic (exact) mass is 205 g/mol. The quantitative estimate of drug-likeness (QED) is 0.701. The summed E-state index contributed by atoms with van der Waals surface area (Å²) < 4.78 is 1.35. The van der Waals surface area contributed by atoms with Crippen LogP contribution in [0.3, 0.4) is 0 Å². The topological polar surface area (TPSA) is 67.4 Å². The zero-order valence-electron chi connectivity index (χ0n) is 6.92. The van der Waals surface area contributed by atoms with Crippen molar-refractivity contribution in [2.24, 2.45) is 0 Å². The molecule has 0 fully saturated rings. The molecule has 5 nitrogen and oxygen atoms in total. The summed E-state index contributed by atoms with van der Waals surface area (Å²) in [6.07, 6.45) is 0. The van der Waals surface area contributed by atoms with Gasteiger partial charge in [0.2, 0.25) is 5.28 Å². The molecule has 1 aromatic heterocycles. The maximum atomic E-state index is 8.68. The highest BCUT2D eigenvalue weighted by Crippen LogP contribution is 2.12. The minimum absolute atomic E-state index is 0.167. The average Bonchev–Trinajstić information content (AvgIpc) is 2.65. The zero-order valence-corrected chi connectivity index (χ0v) is 7.68. The molecule has 0 aliphatic heterocycles. The first-order chi connectivity index (χ1) is 6.81. The molecule has 0 unspecified atom stereocenters. The molecule has 0 atom stereocenters. The van der Waals surface area contributed by atoms with Gasteiger partial charge in [-0.2, -0.15) is 9.94 Å². The lowest BCUT2D eigenvalue weighted by Gasteiger charge is -1.99. The Labute approximate surface area is 84.5 Å². The lowest BCUT2D eigenvalue weighted by Crippen LogP contribution is -1.96. The molecule has 0 saturated carbocycles. The second-order valence-corrected chi connectivity index (χ2v) is 2.86. The van der Waals surface area contributed by atoms with Crippen LogP contribution in [0, 0.1) is 11.3 Å². The molecule has 0 radical (unpaired) electrons. The van der Waals surface area contributed by atoms with Gasteiger partial charge in [-0.3, -0.25) is 0 Å². The van der Waals surface area contributed by atoms with E-state index >= 15 is 0 Å². The molecule has 2 aromatic rings. The molecular weight excluding hydrogens is 202 g/mol. The summed E-state index contributed by atoms with van der Waals surface area (Å²) in [4.78, 5) is 0. The van der Waals surface area contributed by atoms with Crippen LogP contribution in [0.5, 0.6) is 0 Å². The first-order valence-corrected chi connectivity index (χ1v) is 4.13. The number of halogens is 1. The van der Waals surface area contributed by atoms with Crippen molar-refractivity contribution >= 4 is 11.6 Å².